The highest BCUT2D eigenvalue weighted by atomic mass is 19.1. The van der Waals surface area contributed by atoms with Crippen LogP contribution < -0.4 is 5.32 Å². The van der Waals surface area contributed by atoms with Crippen LogP contribution in [0.2, 0.25) is 0 Å². The van der Waals surface area contributed by atoms with Crippen LogP contribution in [0.5, 0.6) is 0 Å². The van der Waals surface area contributed by atoms with E-state index in [0.29, 0.717) is 11.6 Å². The van der Waals surface area contributed by atoms with E-state index < -0.39 is 11.8 Å². The maximum Gasteiger partial charge on any atom is 0.338 e. The van der Waals surface area contributed by atoms with Gasteiger partial charge in [0.15, 0.2) is 0 Å². The molecule has 4 nitrogen and oxygen atoms in total. The molecule has 0 amide bonds. The summed E-state index contributed by atoms with van der Waals surface area (Å²) in [6.07, 6.45) is 2.28. The summed E-state index contributed by atoms with van der Waals surface area (Å²) in [5.74, 6) is -1.33. The normalized spacial score (nSPS) is 17.4. The number of nitrogens with one attached hydrogen (secondary N) is 1. The first kappa shape index (κ1) is 13.8. The molecule has 0 atom stereocenters. The third-order valence-electron chi connectivity index (χ3n) is 3.63. The van der Waals surface area contributed by atoms with E-state index in [1.54, 1.807) is 6.07 Å². The molecule has 1 fully saturated rings. The van der Waals surface area contributed by atoms with Gasteiger partial charge in [-0.05, 0) is 57.1 Å². The molecule has 0 bridgehead atoms. The molecule has 104 valence electrons. The zero-order chi connectivity index (χ0) is 13.8. The molecule has 0 radical (unpaired) electrons. The van der Waals surface area contributed by atoms with E-state index in [1.807, 2.05) is 0 Å². The van der Waals surface area contributed by atoms with Crippen molar-refractivity contribution in [3.63, 3.8) is 0 Å². The molecule has 1 aliphatic rings. The Bertz CT molecular complexity index is 457. The van der Waals surface area contributed by atoms with Crippen molar-refractivity contribution in [2.24, 2.45) is 5.92 Å². The number of hydrogen-bond donors (Lipinski definition) is 2. The number of carbonyl (C=O) groups is 1. The molecule has 1 aromatic rings. The lowest BCUT2D eigenvalue weighted by Gasteiger charge is -2.29. The second kappa shape index (κ2) is 6.02. The summed E-state index contributed by atoms with van der Waals surface area (Å²) in [6, 6.07) is 4.16. The van der Waals surface area contributed by atoms with E-state index in [4.69, 9.17) is 5.11 Å². The first-order valence-electron chi connectivity index (χ1n) is 6.51. The highest BCUT2D eigenvalue weighted by Crippen LogP contribution is 2.19. The standard InChI is InChI=1S/C14H19FN2O2/c1-17-6-4-10(5-7-17)9-16-11-2-3-12(14(18)19)13(15)8-11/h2-3,8,10,16H,4-7,9H2,1H3,(H,18,19). The van der Waals surface area contributed by atoms with Crippen LogP contribution in [0, 0.1) is 11.7 Å². The maximum atomic E-state index is 13.5. The predicted molar refractivity (Wildman–Crippen MR) is 72.1 cm³/mol. The van der Waals surface area contributed by atoms with Gasteiger partial charge in [-0.3, -0.25) is 0 Å². The van der Waals surface area contributed by atoms with E-state index in [-0.39, 0.29) is 5.56 Å². The van der Waals surface area contributed by atoms with Crippen molar-refractivity contribution in [2.45, 2.75) is 12.8 Å². The minimum atomic E-state index is -1.24. The average molecular weight is 266 g/mol. The molecule has 1 heterocycles. The van der Waals surface area contributed by atoms with Crippen LogP contribution in [0.15, 0.2) is 18.2 Å². The Hall–Kier alpha value is -1.62. The zero-order valence-corrected chi connectivity index (χ0v) is 11.0. The Balaban J connectivity index is 1.89. The highest BCUT2D eigenvalue weighted by molar-refractivity contribution is 5.88. The van der Waals surface area contributed by atoms with Crippen molar-refractivity contribution in [1.82, 2.24) is 4.90 Å². The number of piperidine rings is 1. The van der Waals surface area contributed by atoms with Crippen LogP contribution in [0.4, 0.5) is 10.1 Å². The van der Waals surface area contributed by atoms with Gasteiger partial charge in [0.05, 0.1) is 5.56 Å². The number of rotatable bonds is 4. The number of carboxylic acid groups (broad SMARTS) is 1. The Labute approximate surface area is 112 Å². The zero-order valence-electron chi connectivity index (χ0n) is 11.0. The van der Waals surface area contributed by atoms with E-state index in [2.05, 4.69) is 17.3 Å². The van der Waals surface area contributed by atoms with Crippen molar-refractivity contribution in [2.75, 3.05) is 32.0 Å². The molecule has 19 heavy (non-hydrogen) atoms. The van der Waals surface area contributed by atoms with Crippen molar-refractivity contribution < 1.29 is 14.3 Å². The van der Waals surface area contributed by atoms with E-state index in [0.717, 1.165) is 32.5 Å². The summed E-state index contributed by atoms with van der Waals surface area (Å²) in [7, 11) is 2.11. The van der Waals surface area contributed by atoms with Crippen LogP contribution >= 0.6 is 0 Å². The second-order valence-corrected chi connectivity index (χ2v) is 5.13. The number of hydrogen-bond acceptors (Lipinski definition) is 3. The van der Waals surface area contributed by atoms with Gasteiger partial charge in [-0.2, -0.15) is 0 Å². The molecule has 0 unspecified atom stereocenters. The average Bonchev–Trinajstić information content (AvgIpc) is 2.37. The minimum Gasteiger partial charge on any atom is -0.478 e. The fraction of sp³-hybridized carbons (Fsp3) is 0.500. The first-order valence-corrected chi connectivity index (χ1v) is 6.51. The SMILES string of the molecule is CN1CCC(CNc2ccc(C(=O)O)c(F)c2)CC1. The summed E-state index contributed by atoms with van der Waals surface area (Å²) < 4.78 is 13.5. The van der Waals surface area contributed by atoms with Crippen molar-refractivity contribution in [1.29, 1.82) is 0 Å². The molecule has 2 N–H and O–H groups in total. The third-order valence-corrected chi connectivity index (χ3v) is 3.63. The van der Waals surface area contributed by atoms with Crippen LogP contribution in [0.25, 0.3) is 0 Å². The van der Waals surface area contributed by atoms with Crippen molar-refractivity contribution in [3.05, 3.63) is 29.6 Å². The number of benzene rings is 1. The summed E-state index contributed by atoms with van der Waals surface area (Å²) in [5.41, 5.74) is 0.353. The Kier molecular flexibility index (Phi) is 4.37. The van der Waals surface area contributed by atoms with Crippen LogP contribution in [0.1, 0.15) is 23.2 Å². The van der Waals surface area contributed by atoms with Gasteiger partial charge >= 0.3 is 5.97 Å². The fourth-order valence-electron chi connectivity index (χ4n) is 2.33. The molecule has 0 aliphatic carbocycles. The van der Waals surface area contributed by atoms with Gasteiger partial charge in [-0.1, -0.05) is 0 Å². The molecule has 1 saturated heterocycles. The number of carboxylic acids is 1. The smallest absolute Gasteiger partial charge is 0.338 e. The van der Waals surface area contributed by atoms with Crippen molar-refractivity contribution in [3.8, 4) is 0 Å². The molecular formula is C14H19FN2O2. The lowest BCUT2D eigenvalue weighted by Crippen LogP contribution is -2.32. The van der Waals surface area contributed by atoms with Crippen molar-refractivity contribution >= 4 is 11.7 Å². The molecule has 1 aromatic carbocycles. The van der Waals surface area contributed by atoms with Crippen LogP contribution in [-0.4, -0.2) is 42.7 Å². The topological polar surface area (TPSA) is 52.6 Å². The third kappa shape index (κ3) is 3.67. The summed E-state index contributed by atoms with van der Waals surface area (Å²) >= 11 is 0. The van der Waals surface area contributed by atoms with Gasteiger partial charge in [-0.25, -0.2) is 9.18 Å². The molecule has 0 spiro atoms. The summed E-state index contributed by atoms with van der Waals surface area (Å²) in [5, 5.41) is 11.9. The Morgan fingerprint density at radius 2 is 2.16 bits per heavy atom. The lowest BCUT2D eigenvalue weighted by atomic mass is 9.97. The van der Waals surface area contributed by atoms with Gasteiger partial charge in [0.25, 0.3) is 0 Å². The monoisotopic (exact) mass is 266 g/mol. The highest BCUT2D eigenvalue weighted by Gasteiger charge is 2.16. The number of halogens is 1. The number of likely N-dealkylation sites (tertiary alicyclic amines) is 1. The molecule has 1 aliphatic heterocycles. The van der Waals surface area contributed by atoms with E-state index in [1.165, 1.54) is 12.1 Å². The van der Waals surface area contributed by atoms with Gasteiger partial charge < -0.3 is 15.3 Å². The fourth-order valence-corrected chi connectivity index (χ4v) is 2.33. The Morgan fingerprint density at radius 3 is 2.74 bits per heavy atom. The molecule has 2 rings (SSSR count). The van der Waals surface area contributed by atoms with Gasteiger partial charge in [0.1, 0.15) is 5.82 Å². The second-order valence-electron chi connectivity index (χ2n) is 5.13. The largest absolute Gasteiger partial charge is 0.478 e. The number of aromatic carboxylic acids is 1. The molecule has 5 heteroatoms. The minimum absolute atomic E-state index is 0.287. The quantitative estimate of drug-likeness (QED) is 0.878. The lowest BCUT2D eigenvalue weighted by molar-refractivity contribution is 0.0692. The molecule has 0 aromatic heterocycles. The van der Waals surface area contributed by atoms with E-state index >= 15 is 0 Å². The molecular weight excluding hydrogens is 247 g/mol. The number of anilines is 1. The predicted octanol–water partition coefficient (Wildman–Crippen LogP) is 2.28. The van der Waals surface area contributed by atoms with Gasteiger partial charge in [0.2, 0.25) is 0 Å². The van der Waals surface area contributed by atoms with E-state index in [9.17, 15) is 9.18 Å². The summed E-state index contributed by atoms with van der Waals surface area (Å²) in [6.45, 7) is 3.00. The molecule has 0 saturated carbocycles. The van der Waals surface area contributed by atoms with Gasteiger partial charge in [-0.15, -0.1) is 0 Å². The van der Waals surface area contributed by atoms with Gasteiger partial charge in [0, 0.05) is 12.2 Å². The summed E-state index contributed by atoms with van der Waals surface area (Å²) in [4.78, 5) is 13.0. The van der Waals surface area contributed by atoms with Crippen LogP contribution in [-0.2, 0) is 0 Å². The first-order chi connectivity index (χ1) is 9.06. The maximum absolute atomic E-state index is 13.5. The Morgan fingerprint density at radius 1 is 1.47 bits per heavy atom. The number of nitrogens with zero attached hydrogens (tertiary/aromatic N) is 1. The van der Waals surface area contributed by atoms with Crippen LogP contribution in [0.3, 0.4) is 0 Å².